The average Bonchev–Trinajstić information content (AvgIpc) is 1.97. The molecule has 0 aromatic rings. The van der Waals surface area contributed by atoms with E-state index in [9.17, 15) is 14.7 Å². The largest absolute Gasteiger partial charge is 0.548 e. The summed E-state index contributed by atoms with van der Waals surface area (Å²) in [6, 6.07) is -1.01. The van der Waals surface area contributed by atoms with Crippen molar-refractivity contribution in [2.75, 3.05) is 0 Å². The first-order chi connectivity index (χ1) is 5.22. The zero-order valence-corrected chi connectivity index (χ0v) is 6.37. The Balaban J connectivity index is 3.89. The van der Waals surface area contributed by atoms with Gasteiger partial charge in [0.15, 0.2) is 0 Å². The Morgan fingerprint density at radius 2 is 2.36 bits per heavy atom. The minimum atomic E-state index is -1.30. The fraction of sp³-hybridized carbons (Fsp3) is 0.714. The molecule has 0 spiro atoms. The molecule has 0 radical (unpaired) electrons. The molecule has 0 aliphatic rings. The third-order valence-electron chi connectivity index (χ3n) is 1.31. The van der Waals surface area contributed by atoms with E-state index in [0.29, 0.717) is 6.42 Å². The van der Waals surface area contributed by atoms with E-state index in [1.165, 1.54) is 6.08 Å². The van der Waals surface area contributed by atoms with Crippen molar-refractivity contribution in [3.05, 3.63) is 0 Å². The van der Waals surface area contributed by atoms with Gasteiger partial charge in [0.25, 0.3) is 0 Å². The molecule has 4 nitrogen and oxygen atoms in total. The Bertz CT molecular complexity index is 171. The number of aliphatic imine (C=N–C) groups is 1. The van der Waals surface area contributed by atoms with E-state index in [0.717, 1.165) is 12.8 Å². The van der Waals surface area contributed by atoms with Gasteiger partial charge < -0.3 is 9.90 Å². The highest BCUT2D eigenvalue weighted by Crippen LogP contribution is 2.02. The Kier molecular flexibility index (Phi) is 5.03. The molecule has 1 atom stereocenters. The molecule has 0 heterocycles. The Hall–Kier alpha value is -1.15. The lowest BCUT2D eigenvalue weighted by molar-refractivity contribution is -0.307. The molecule has 4 heteroatoms. The van der Waals surface area contributed by atoms with E-state index in [1.54, 1.807) is 0 Å². The van der Waals surface area contributed by atoms with Crippen LogP contribution in [0, 0.1) is 0 Å². The molecule has 0 aromatic heterocycles. The monoisotopic (exact) mass is 156 g/mol. The van der Waals surface area contributed by atoms with Gasteiger partial charge in [0.2, 0.25) is 6.08 Å². The second-order valence-corrected chi connectivity index (χ2v) is 2.20. The van der Waals surface area contributed by atoms with Gasteiger partial charge in [0.05, 0.1) is 5.97 Å². The van der Waals surface area contributed by atoms with Crippen molar-refractivity contribution < 1.29 is 14.7 Å². The second-order valence-electron chi connectivity index (χ2n) is 2.20. The van der Waals surface area contributed by atoms with Gasteiger partial charge >= 0.3 is 0 Å². The van der Waals surface area contributed by atoms with Crippen LogP contribution in [0.25, 0.3) is 0 Å². The highest BCUT2D eigenvalue weighted by molar-refractivity contribution is 5.72. The molecular weight excluding hydrogens is 146 g/mol. The number of hydrogen-bond donors (Lipinski definition) is 0. The molecule has 0 aromatic carbocycles. The van der Waals surface area contributed by atoms with E-state index in [4.69, 9.17) is 0 Å². The normalized spacial score (nSPS) is 11.7. The van der Waals surface area contributed by atoms with Gasteiger partial charge in [0.1, 0.15) is 6.04 Å². The quantitative estimate of drug-likeness (QED) is 0.403. The minimum Gasteiger partial charge on any atom is -0.548 e. The van der Waals surface area contributed by atoms with Crippen molar-refractivity contribution in [2.45, 2.75) is 32.2 Å². The topological polar surface area (TPSA) is 69.6 Å². The van der Waals surface area contributed by atoms with Crippen LogP contribution in [-0.4, -0.2) is 18.1 Å². The van der Waals surface area contributed by atoms with E-state index < -0.39 is 12.0 Å². The van der Waals surface area contributed by atoms with Gasteiger partial charge in [-0.1, -0.05) is 19.8 Å². The summed E-state index contributed by atoms with van der Waals surface area (Å²) in [5.41, 5.74) is 0. The number of carboxylic acid groups (broad SMARTS) is 1. The molecule has 0 aliphatic heterocycles. The number of carbonyl (C=O) groups excluding carboxylic acids is 2. The van der Waals surface area contributed by atoms with Gasteiger partial charge in [-0.05, 0) is 6.42 Å². The van der Waals surface area contributed by atoms with Crippen LogP contribution < -0.4 is 5.11 Å². The number of hydrogen-bond acceptors (Lipinski definition) is 4. The van der Waals surface area contributed by atoms with Crippen LogP contribution in [0.1, 0.15) is 26.2 Å². The van der Waals surface area contributed by atoms with E-state index >= 15 is 0 Å². The SMILES string of the molecule is CCCC[C@H](N=C=O)C(=O)[O-]. The third-order valence-corrected chi connectivity index (χ3v) is 1.31. The summed E-state index contributed by atoms with van der Waals surface area (Å²) in [6.45, 7) is 1.93. The highest BCUT2D eigenvalue weighted by atomic mass is 16.4. The summed E-state index contributed by atoms with van der Waals surface area (Å²) < 4.78 is 0. The predicted octanol–water partition coefficient (Wildman–Crippen LogP) is -0.369. The Morgan fingerprint density at radius 1 is 1.73 bits per heavy atom. The van der Waals surface area contributed by atoms with Crippen LogP contribution >= 0.6 is 0 Å². The van der Waals surface area contributed by atoms with Gasteiger partial charge in [-0.15, -0.1) is 0 Å². The number of carbonyl (C=O) groups is 1. The van der Waals surface area contributed by atoms with Crippen molar-refractivity contribution in [3.8, 4) is 0 Å². The molecule has 0 N–H and O–H groups in total. The van der Waals surface area contributed by atoms with Crippen LogP contribution in [0.3, 0.4) is 0 Å². The Labute approximate surface area is 64.9 Å². The van der Waals surface area contributed by atoms with Crippen LogP contribution in [0.15, 0.2) is 4.99 Å². The molecule has 0 bridgehead atoms. The molecule has 11 heavy (non-hydrogen) atoms. The van der Waals surface area contributed by atoms with Crippen molar-refractivity contribution in [3.63, 3.8) is 0 Å². The van der Waals surface area contributed by atoms with Gasteiger partial charge in [-0.25, -0.2) is 4.79 Å². The lowest BCUT2D eigenvalue weighted by Gasteiger charge is -2.09. The van der Waals surface area contributed by atoms with E-state index in [-0.39, 0.29) is 0 Å². The molecular formula is C7H10NO3-. The maximum absolute atomic E-state index is 10.2. The number of rotatable bonds is 5. The van der Waals surface area contributed by atoms with Crippen molar-refractivity contribution in [1.82, 2.24) is 0 Å². The average molecular weight is 156 g/mol. The fourth-order valence-corrected chi connectivity index (χ4v) is 0.696. The molecule has 0 amide bonds. The van der Waals surface area contributed by atoms with E-state index in [1.807, 2.05) is 6.92 Å². The zero-order chi connectivity index (χ0) is 8.69. The van der Waals surface area contributed by atoms with E-state index in [2.05, 4.69) is 4.99 Å². The molecule has 0 saturated heterocycles. The number of nitrogens with zero attached hydrogens (tertiary/aromatic N) is 1. The number of aliphatic carboxylic acids is 1. The fourth-order valence-electron chi connectivity index (χ4n) is 0.696. The summed E-state index contributed by atoms with van der Waals surface area (Å²) in [6.07, 6.45) is 3.17. The summed E-state index contributed by atoms with van der Waals surface area (Å²) >= 11 is 0. The first kappa shape index (κ1) is 9.85. The summed E-state index contributed by atoms with van der Waals surface area (Å²) in [4.78, 5) is 23.0. The highest BCUT2D eigenvalue weighted by Gasteiger charge is 2.05. The maximum Gasteiger partial charge on any atom is 0.235 e. The smallest absolute Gasteiger partial charge is 0.235 e. The lowest BCUT2D eigenvalue weighted by Crippen LogP contribution is -2.34. The van der Waals surface area contributed by atoms with Crippen LogP contribution in [0.5, 0.6) is 0 Å². The van der Waals surface area contributed by atoms with Crippen molar-refractivity contribution in [1.29, 1.82) is 0 Å². The van der Waals surface area contributed by atoms with Gasteiger partial charge in [-0.2, -0.15) is 4.99 Å². The maximum atomic E-state index is 10.2. The molecule has 0 saturated carbocycles. The first-order valence-corrected chi connectivity index (χ1v) is 3.50. The number of isocyanates is 1. The summed E-state index contributed by atoms with van der Waals surface area (Å²) in [5, 5.41) is 10.2. The van der Waals surface area contributed by atoms with Gasteiger partial charge in [-0.3, -0.25) is 0 Å². The third kappa shape index (κ3) is 4.28. The molecule has 0 rings (SSSR count). The van der Waals surface area contributed by atoms with Crippen molar-refractivity contribution >= 4 is 12.0 Å². The summed E-state index contributed by atoms with van der Waals surface area (Å²) in [5.74, 6) is -1.30. The first-order valence-electron chi connectivity index (χ1n) is 3.50. The number of carboxylic acids is 1. The van der Waals surface area contributed by atoms with Crippen LogP contribution in [-0.2, 0) is 9.59 Å². The van der Waals surface area contributed by atoms with Crippen molar-refractivity contribution in [2.24, 2.45) is 4.99 Å². The van der Waals surface area contributed by atoms with Gasteiger partial charge in [0, 0.05) is 0 Å². The number of unbranched alkanes of at least 4 members (excludes halogenated alkanes) is 1. The molecule has 62 valence electrons. The molecule has 0 aliphatic carbocycles. The molecule has 0 fully saturated rings. The standard InChI is InChI=1S/C7H11NO3/c1-2-3-4-6(7(10)11)8-5-9/h6H,2-4H2,1H3,(H,10,11)/p-1/t6-/m0/s1. The summed E-state index contributed by atoms with van der Waals surface area (Å²) in [7, 11) is 0. The Morgan fingerprint density at radius 3 is 2.73 bits per heavy atom. The zero-order valence-electron chi connectivity index (χ0n) is 6.37. The van der Waals surface area contributed by atoms with Crippen LogP contribution in [0.2, 0.25) is 0 Å². The minimum absolute atomic E-state index is 0.355. The predicted molar refractivity (Wildman–Crippen MR) is 36.4 cm³/mol. The second kappa shape index (κ2) is 5.62. The lowest BCUT2D eigenvalue weighted by atomic mass is 10.1. The van der Waals surface area contributed by atoms with Crippen LogP contribution in [0.4, 0.5) is 0 Å². The molecule has 0 unspecified atom stereocenters.